The van der Waals surface area contributed by atoms with E-state index in [0.29, 0.717) is 12.2 Å². The molecule has 1 aliphatic heterocycles. The van der Waals surface area contributed by atoms with Crippen molar-refractivity contribution in [1.29, 1.82) is 0 Å². The van der Waals surface area contributed by atoms with Crippen LogP contribution in [0.2, 0.25) is 0 Å². The van der Waals surface area contributed by atoms with Crippen LogP contribution < -0.4 is 0 Å². The molecular formula is C11H20O. The first kappa shape index (κ1) is 8.55. The lowest BCUT2D eigenvalue weighted by Gasteiger charge is -2.27. The van der Waals surface area contributed by atoms with Crippen molar-refractivity contribution in [2.24, 2.45) is 5.92 Å². The quantitative estimate of drug-likeness (QED) is 0.629. The highest BCUT2D eigenvalue weighted by atomic mass is 16.5. The molecule has 2 aliphatic rings. The van der Waals surface area contributed by atoms with Crippen LogP contribution in [-0.4, -0.2) is 12.2 Å². The third-order valence-electron chi connectivity index (χ3n) is 3.47. The minimum Gasteiger partial charge on any atom is -0.375 e. The van der Waals surface area contributed by atoms with Crippen molar-refractivity contribution in [2.75, 3.05) is 0 Å². The van der Waals surface area contributed by atoms with E-state index in [0.717, 1.165) is 5.92 Å². The van der Waals surface area contributed by atoms with Gasteiger partial charge in [-0.3, -0.25) is 0 Å². The molecule has 70 valence electrons. The van der Waals surface area contributed by atoms with E-state index in [1.165, 1.54) is 44.9 Å². The highest BCUT2D eigenvalue weighted by Gasteiger charge is 2.28. The lowest BCUT2D eigenvalue weighted by molar-refractivity contribution is 0.0218. The van der Waals surface area contributed by atoms with Crippen LogP contribution in [0.3, 0.4) is 0 Å². The average molecular weight is 168 g/mol. The summed E-state index contributed by atoms with van der Waals surface area (Å²) in [5.74, 6) is 1.02. The van der Waals surface area contributed by atoms with Crippen molar-refractivity contribution in [3.05, 3.63) is 0 Å². The SMILES string of the molecule is CCC1CCC(CC2CCC2)O1. The number of ether oxygens (including phenoxy) is 1. The predicted molar refractivity (Wildman–Crippen MR) is 50.1 cm³/mol. The van der Waals surface area contributed by atoms with Crippen molar-refractivity contribution in [2.45, 2.75) is 64.1 Å². The molecule has 0 N–H and O–H groups in total. The van der Waals surface area contributed by atoms with E-state index in [9.17, 15) is 0 Å². The number of hydrogen-bond acceptors (Lipinski definition) is 1. The smallest absolute Gasteiger partial charge is 0.0582 e. The molecule has 0 aromatic carbocycles. The van der Waals surface area contributed by atoms with Crippen LogP contribution in [-0.2, 0) is 4.74 Å². The van der Waals surface area contributed by atoms with E-state index in [-0.39, 0.29) is 0 Å². The first-order valence-electron chi connectivity index (χ1n) is 5.54. The molecule has 0 aromatic heterocycles. The Morgan fingerprint density at radius 3 is 2.33 bits per heavy atom. The maximum Gasteiger partial charge on any atom is 0.0582 e. The molecule has 1 saturated carbocycles. The van der Waals surface area contributed by atoms with Crippen molar-refractivity contribution in [1.82, 2.24) is 0 Å². The summed E-state index contributed by atoms with van der Waals surface area (Å²) >= 11 is 0. The molecule has 1 nitrogen and oxygen atoms in total. The molecule has 1 saturated heterocycles. The minimum atomic E-state index is 0.593. The summed E-state index contributed by atoms with van der Waals surface area (Å²) in [6, 6.07) is 0. The van der Waals surface area contributed by atoms with Gasteiger partial charge in [0.2, 0.25) is 0 Å². The van der Waals surface area contributed by atoms with Gasteiger partial charge in [0.1, 0.15) is 0 Å². The van der Waals surface area contributed by atoms with Gasteiger partial charge in [-0.25, -0.2) is 0 Å². The fourth-order valence-corrected chi connectivity index (χ4v) is 2.35. The maximum absolute atomic E-state index is 5.92. The summed E-state index contributed by atoms with van der Waals surface area (Å²) in [7, 11) is 0. The Labute approximate surface area is 75.5 Å². The second kappa shape index (κ2) is 3.78. The molecule has 2 fully saturated rings. The van der Waals surface area contributed by atoms with Gasteiger partial charge in [0.05, 0.1) is 12.2 Å². The maximum atomic E-state index is 5.92. The molecule has 0 bridgehead atoms. The minimum absolute atomic E-state index is 0.593. The van der Waals surface area contributed by atoms with Crippen LogP contribution in [0.25, 0.3) is 0 Å². The normalized spacial score (nSPS) is 36.8. The molecule has 0 amide bonds. The Hall–Kier alpha value is -0.0400. The summed E-state index contributed by atoms with van der Waals surface area (Å²) in [6.07, 6.45) is 10.8. The van der Waals surface area contributed by atoms with Crippen LogP contribution in [0.1, 0.15) is 51.9 Å². The predicted octanol–water partition coefficient (Wildman–Crippen LogP) is 3.13. The zero-order valence-corrected chi connectivity index (χ0v) is 8.09. The molecule has 2 rings (SSSR count). The van der Waals surface area contributed by atoms with Crippen LogP contribution in [0.15, 0.2) is 0 Å². The molecule has 1 heteroatoms. The van der Waals surface area contributed by atoms with Gasteiger partial charge >= 0.3 is 0 Å². The van der Waals surface area contributed by atoms with Gasteiger partial charge in [0, 0.05) is 0 Å². The molecule has 2 unspecified atom stereocenters. The average Bonchev–Trinajstić information content (AvgIpc) is 2.44. The van der Waals surface area contributed by atoms with Crippen LogP contribution in [0.5, 0.6) is 0 Å². The van der Waals surface area contributed by atoms with E-state index >= 15 is 0 Å². The molecule has 0 aromatic rings. The Kier molecular flexibility index (Phi) is 2.69. The lowest BCUT2D eigenvalue weighted by Crippen LogP contribution is -2.19. The molecule has 1 aliphatic carbocycles. The largest absolute Gasteiger partial charge is 0.375 e. The Bertz CT molecular complexity index is 140. The van der Waals surface area contributed by atoms with Crippen molar-refractivity contribution in [3.63, 3.8) is 0 Å². The van der Waals surface area contributed by atoms with Crippen molar-refractivity contribution < 1.29 is 4.74 Å². The zero-order valence-electron chi connectivity index (χ0n) is 8.09. The molecule has 12 heavy (non-hydrogen) atoms. The monoisotopic (exact) mass is 168 g/mol. The van der Waals surface area contributed by atoms with Gasteiger partial charge < -0.3 is 4.74 Å². The Morgan fingerprint density at radius 1 is 1.08 bits per heavy atom. The van der Waals surface area contributed by atoms with E-state index < -0.39 is 0 Å². The van der Waals surface area contributed by atoms with Gasteiger partial charge in [-0.15, -0.1) is 0 Å². The van der Waals surface area contributed by atoms with Crippen LogP contribution in [0, 0.1) is 5.92 Å². The van der Waals surface area contributed by atoms with Crippen molar-refractivity contribution in [3.8, 4) is 0 Å². The zero-order chi connectivity index (χ0) is 8.39. The third kappa shape index (κ3) is 1.82. The van der Waals surface area contributed by atoms with Gasteiger partial charge in [-0.1, -0.05) is 26.2 Å². The first-order valence-corrected chi connectivity index (χ1v) is 5.54. The third-order valence-corrected chi connectivity index (χ3v) is 3.47. The molecule has 1 heterocycles. The highest BCUT2D eigenvalue weighted by Crippen LogP contribution is 2.35. The van der Waals surface area contributed by atoms with Crippen molar-refractivity contribution >= 4 is 0 Å². The Balaban J connectivity index is 1.68. The Morgan fingerprint density at radius 2 is 1.83 bits per heavy atom. The van der Waals surface area contributed by atoms with Gasteiger partial charge in [0.15, 0.2) is 0 Å². The van der Waals surface area contributed by atoms with E-state index in [1.54, 1.807) is 0 Å². The molecular weight excluding hydrogens is 148 g/mol. The summed E-state index contributed by atoms with van der Waals surface area (Å²) in [6.45, 7) is 2.23. The molecule has 0 spiro atoms. The number of rotatable bonds is 3. The second-order valence-corrected chi connectivity index (χ2v) is 4.40. The lowest BCUT2D eigenvalue weighted by atomic mass is 9.81. The highest BCUT2D eigenvalue weighted by molar-refractivity contribution is 4.78. The van der Waals surface area contributed by atoms with Gasteiger partial charge in [-0.05, 0) is 31.6 Å². The number of hydrogen-bond donors (Lipinski definition) is 0. The van der Waals surface area contributed by atoms with Crippen LogP contribution in [0.4, 0.5) is 0 Å². The fraction of sp³-hybridized carbons (Fsp3) is 1.00. The summed E-state index contributed by atoms with van der Waals surface area (Å²) in [5, 5.41) is 0. The summed E-state index contributed by atoms with van der Waals surface area (Å²) in [4.78, 5) is 0. The topological polar surface area (TPSA) is 9.23 Å². The van der Waals surface area contributed by atoms with Crippen LogP contribution >= 0.6 is 0 Å². The fourth-order valence-electron chi connectivity index (χ4n) is 2.35. The van der Waals surface area contributed by atoms with Gasteiger partial charge in [0.25, 0.3) is 0 Å². The summed E-state index contributed by atoms with van der Waals surface area (Å²) in [5.41, 5.74) is 0. The standard InChI is InChI=1S/C11H20O/c1-2-10-6-7-11(12-10)8-9-4-3-5-9/h9-11H,2-8H2,1H3. The first-order chi connectivity index (χ1) is 5.88. The second-order valence-electron chi connectivity index (χ2n) is 4.40. The van der Waals surface area contributed by atoms with E-state index in [2.05, 4.69) is 6.92 Å². The van der Waals surface area contributed by atoms with E-state index in [1.807, 2.05) is 0 Å². The van der Waals surface area contributed by atoms with E-state index in [4.69, 9.17) is 4.74 Å². The van der Waals surface area contributed by atoms with Gasteiger partial charge in [-0.2, -0.15) is 0 Å². The molecule has 0 radical (unpaired) electrons. The molecule has 2 atom stereocenters. The summed E-state index contributed by atoms with van der Waals surface area (Å²) < 4.78 is 5.92.